The minimum atomic E-state index is -1.08. The second-order valence-electron chi connectivity index (χ2n) is 6.16. The summed E-state index contributed by atoms with van der Waals surface area (Å²) in [4.78, 5) is 23.6. The number of carbonyl (C=O) groups is 2. The molecule has 2 aromatic carbocycles. The third kappa shape index (κ3) is 3.92. The van der Waals surface area contributed by atoms with Crippen LogP contribution in [-0.4, -0.2) is 29.7 Å². The van der Waals surface area contributed by atoms with E-state index in [1.54, 1.807) is 12.1 Å². The summed E-state index contributed by atoms with van der Waals surface area (Å²) in [6.45, 7) is -0.0952. The zero-order valence-electron chi connectivity index (χ0n) is 13.4. The van der Waals surface area contributed by atoms with Crippen LogP contribution >= 0.6 is 0 Å². The summed E-state index contributed by atoms with van der Waals surface area (Å²) in [6, 6.07) is 12.0. The number of carbonyl (C=O) groups excluding carboxylic acids is 1. The fourth-order valence-corrected chi connectivity index (χ4v) is 3.13. The van der Waals surface area contributed by atoms with E-state index in [1.165, 1.54) is 0 Å². The first-order chi connectivity index (χ1) is 11.6. The predicted molar refractivity (Wildman–Crippen MR) is 90.7 cm³/mol. The fraction of sp³-hybridized carbons (Fsp3) is 0.368. The first-order valence-electron chi connectivity index (χ1n) is 8.26. The highest BCUT2D eigenvalue weighted by molar-refractivity contribution is 5.88. The van der Waals surface area contributed by atoms with Crippen LogP contribution in [0.4, 0.5) is 0 Å². The third-order valence-corrected chi connectivity index (χ3v) is 4.41. The maximum absolute atomic E-state index is 12.1. The van der Waals surface area contributed by atoms with Gasteiger partial charge in [0, 0.05) is 0 Å². The molecule has 126 valence electrons. The molecule has 2 N–H and O–H groups in total. The Hall–Kier alpha value is -2.40. The molecule has 0 bridgehead atoms. The summed E-state index contributed by atoms with van der Waals surface area (Å²) in [5.74, 6) is -1.48. The number of hydrogen-bond acceptors (Lipinski definition) is 3. The van der Waals surface area contributed by atoms with E-state index in [1.807, 2.05) is 30.3 Å². The van der Waals surface area contributed by atoms with Gasteiger partial charge in [-0.2, -0.15) is 0 Å². The second kappa shape index (κ2) is 7.45. The molecule has 0 aliphatic heterocycles. The molecular weight excluding hydrogens is 306 g/mol. The van der Waals surface area contributed by atoms with Gasteiger partial charge in [-0.3, -0.25) is 4.79 Å². The highest BCUT2D eigenvalue weighted by atomic mass is 16.5. The number of ether oxygens (including phenoxy) is 1. The lowest BCUT2D eigenvalue weighted by Crippen LogP contribution is -2.36. The lowest BCUT2D eigenvalue weighted by molar-refractivity contribution is -0.143. The molecule has 5 heteroatoms. The van der Waals surface area contributed by atoms with Crippen LogP contribution in [0.1, 0.15) is 37.3 Å². The average Bonchev–Trinajstić information content (AvgIpc) is 3.10. The molecule has 5 nitrogen and oxygen atoms in total. The van der Waals surface area contributed by atoms with Crippen LogP contribution in [0.2, 0.25) is 0 Å². The Morgan fingerprint density at radius 3 is 2.54 bits per heavy atom. The molecule has 1 amide bonds. The summed E-state index contributed by atoms with van der Waals surface area (Å²) in [5, 5.41) is 14.0. The molecule has 0 radical (unpaired) electrons. The molecule has 1 fully saturated rings. The summed E-state index contributed by atoms with van der Waals surface area (Å²) in [6.07, 6.45) is 4.32. The highest BCUT2D eigenvalue weighted by Gasteiger charge is 2.23. The number of benzene rings is 2. The molecule has 0 saturated heterocycles. The lowest BCUT2D eigenvalue weighted by Gasteiger charge is -2.17. The molecule has 1 aliphatic rings. The van der Waals surface area contributed by atoms with Crippen LogP contribution in [0.5, 0.6) is 0 Å². The van der Waals surface area contributed by atoms with E-state index in [0.717, 1.165) is 36.5 Å². The van der Waals surface area contributed by atoms with Gasteiger partial charge in [0.2, 0.25) is 5.91 Å². The standard InChI is InChI=1S/C19H21NO4/c21-17(12-24-16-7-3-4-8-16)20-18(19(22)23)15-10-9-13-5-1-2-6-14(13)11-15/h1-2,5-6,9-11,16,18H,3-4,7-8,12H2,(H,20,21)(H,22,23). The van der Waals surface area contributed by atoms with Gasteiger partial charge in [0.05, 0.1) is 6.10 Å². The molecule has 1 unspecified atom stereocenters. The van der Waals surface area contributed by atoms with E-state index in [4.69, 9.17) is 4.74 Å². The maximum atomic E-state index is 12.1. The van der Waals surface area contributed by atoms with Crippen molar-refractivity contribution < 1.29 is 19.4 Å². The van der Waals surface area contributed by atoms with Crippen molar-refractivity contribution >= 4 is 22.6 Å². The van der Waals surface area contributed by atoms with E-state index in [2.05, 4.69) is 5.32 Å². The van der Waals surface area contributed by atoms with Gasteiger partial charge in [-0.25, -0.2) is 4.79 Å². The first kappa shape index (κ1) is 16.5. The van der Waals surface area contributed by atoms with Gasteiger partial charge in [-0.15, -0.1) is 0 Å². The number of carboxylic acid groups (broad SMARTS) is 1. The Labute approximate surface area is 140 Å². The van der Waals surface area contributed by atoms with E-state index in [-0.39, 0.29) is 12.7 Å². The number of fused-ring (bicyclic) bond motifs is 1. The number of aliphatic carboxylic acids is 1. The summed E-state index contributed by atoms with van der Waals surface area (Å²) in [7, 11) is 0. The van der Waals surface area contributed by atoms with Gasteiger partial charge in [0.1, 0.15) is 6.61 Å². The number of hydrogen-bond donors (Lipinski definition) is 2. The Balaban J connectivity index is 1.68. The molecule has 0 spiro atoms. The predicted octanol–water partition coefficient (Wildman–Crippen LogP) is 3.04. The van der Waals surface area contributed by atoms with Gasteiger partial charge in [-0.05, 0) is 35.2 Å². The Morgan fingerprint density at radius 2 is 1.83 bits per heavy atom. The topological polar surface area (TPSA) is 75.6 Å². The van der Waals surface area contributed by atoms with Crippen molar-refractivity contribution in [2.45, 2.75) is 37.8 Å². The summed E-state index contributed by atoms with van der Waals surface area (Å²) in [5.41, 5.74) is 0.551. The van der Waals surface area contributed by atoms with Crippen molar-refractivity contribution in [2.75, 3.05) is 6.61 Å². The summed E-state index contributed by atoms with van der Waals surface area (Å²) >= 11 is 0. The molecule has 3 rings (SSSR count). The largest absolute Gasteiger partial charge is 0.479 e. The maximum Gasteiger partial charge on any atom is 0.330 e. The minimum Gasteiger partial charge on any atom is -0.479 e. The van der Waals surface area contributed by atoms with Gasteiger partial charge in [-0.1, -0.05) is 49.2 Å². The van der Waals surface area contributed by atoms with Crippen LogP contribution in [0.15, 0.2) is 42.5 Å². The van der Waals surface area contributed by atoms with E-state index in [9.17, 15) is 14.7 Å². The fourth-order valence-electron chi connectivity index (χ4n) is 3.13. The average molecular weight is 327 g/mol. The monoisotopic (exact) mass is 327 g/mol. The molecule has 0 heterocycles. The van der Waals surface area contributed by atoms with Crippen molar-refractivity contribution in [1.29, 1.82) is 0 Å². The molecule has 1 aliphatic carbocycles. The Morgan fingerprint density at radius 1 is 1.12 bits per heavy atom. The first-order valence-corrected chi connectivity index (χ1v) is 8.26. The molecule has 0 aromatic heterocycles. The highest BCUT2D eigenvalue weighted by Crippen LogP contribution is 2.22. The van der Waals surface area contributed by atoms with E-state index < -0.39 is 17.9 Å². The van der Waals surface area contributed by atoms with Crippen molar-refractivity contribution in [3.63, 3.8) is 0 Å². The van der Waals surface area contributed by atoms with Crippen molar-refractivity contribution in [3.05, 3.63) is 48.0 Å². The SMILES string of the molecule is O=C(COC1CCCC1)NC(C(=O)O)c1ccc2ccccc2c1. The summed E-state index contributed by atoms with van der Waals surface area (Å²) < 4.78 is 5.55. The van der Waals surface area contributed by atoms with Crippen molar-refractivity contribution in [1.82, 2.24) is 5.32 Å². The molecular formula is C19H21NO4. The van der Waals surface area contributed by atoms with E-state index >= 15 is 0 Å². The zero-order valence-corrected chi connectivity index (χ0v) is 13.4. The van der Waals surface area contributed by atoms with Crippen molar-refractivity contribution in [3.8, 4) is 0 Å². The smallest absolute Gasteiger partial charge is 0.330 e. The van der Waals surface area contributed by atoms with Gasteiger partial charge < -0.3 is 15.2 Å². The second-order valence-corrected chi connectivity index (χ2v) is 6.16. The number of carboxylic acids is 1. The van der Waals surface area contributed by atoms with Gasteiger partial charge in [0.25, 0.3) is 0 Å². The normalized spacial score (nSPS) is 16.2. The van der Waals surface area contributed by atoms with Gasteiger partial charge >= 0.3 is 5.97 Å². The molecule has 1 atom stereocenters. The van der Waals surface area contributed by atoms with Crippen LogP contribution < -0.4 is 5.32 Å². The quantitative estimate of drug-likeness (QED) is 0.855. The Bertz CT molecular complexity index is 737. The van der Waals surface area contributed by atoms with Crippen LogP contribution in [0, 0.1) is 0 Å². The molecule has 2 aromatic rings. The third-order valence-electron chi connectivity index (χ3n) is 4.41. The lowest BCUT2D eigenvalue weighted by atomic mass is 10.0. The number of rotatable bonds is 6. The van der Waals surface area contributed by atoms with Crippen LogP contribution in [0.25, 0.3) is 10.8 Å². The van der Waals surface area contributed by atoms with Crippen molar-refractivity contribution in [2.24, 2.45) is 0 Å². The Kier molecular flexibility index (Phi) is 5.11. The van der Waals surface area contributed by atoms with Crippen LogP contribution in [-0.2, 0) is 14.3 Å². The number of amides is 1. The van der Waals surface area contributed by atoms with Crippen LogP contribution in [0.3, 0.4) is 0 Å². The zero-order chi connectivity index (χ0) is 16.9. The molecule has 1 saturated carbocycles. The number of nitrogens with one attached hydrogen (secondary N) is 1. The van der Waals surface area contributed by atoms with Gasteiger partial charge in [0.15, 0.2) is 6.04 Å². The minimum absolute atomic E-state index is 0.0952. The van der Waals surface area contributed by atoms with E-state index in [0.29, 0.717) is 5.56 Å². The molecule has 24 heavy (non-hydrogen) atoms.